The largest absolute Gasteiger partial charge is 0.479 e. The number of nitriles is 1. The lowest BCUT2D eigenvalue weighted by molar-refractivity contribution is 0.330. The fourth-order valence-electron chi connectivity index (χ4n) is 2.14. The normalized spacial score (nSPS) is 10.3. The third-order valence-corrected chi connectivity index (χ3v) is 3.11. The van der Waals surface area contributed by atoms with Crippen molar-refractivity contribution in [2.75, 3.05) is 18.9 Å². The smallest absolute Gasteiger partial charge is 0.247 e. The van der Waals surface area contributed by atoms with E-state index < -0.39 is 0 Å². The molecule has 0 amide bonds. The molecule has 0 unspecified atom stereocenters. The van der Waals surface area contributed by atoms with Crippen molar-refractivity contribution in [3.05, 3.63) is 30.5 Å². The van der Waals surface area contributed by atoms with Crippen LogP contribution in [-0.2, 0) is 0 Å². The first-order chi connectivity index (χ1) is 11.7. The summed E-state index contributed by atoms with van der Waals surface area (Å²) < 4.78 is 10.8. The van der Waals surface area contributed by atoms with Gasteiger partial charge in [0, 0.05) is 5.56 Å². The van der Waals surface area contributed by atoms with Crippen molar-refractivity contribution in [1.82, 2.24) is 19.9 Å². The van der Waals surface area contributed by atoms with Gasteiger partial charge in [0.2, 0.25) is 11.8 Å². The number of hydrogen-bond acceptors (Lipinski definition) is 8. The van der Waals surface area contributed by atoms with Crippen molar-refractivity contribution >= 4 is 17.1 Å². The van der Waals surface area contributed by atoms with Gasteiger partial charge in [-0.3, -0.25) is 0 Å². The summed E-state index contributed by atoms with van der Waals surface area (Å²) in [7, 11) is 0. The van der Waals surface area contributed by atoms with E-state index in [4.69, 9.17) is 20.5 Å². The van der Waals surface area contributed by atoms with Crippen molar-refractivity contribution in [3.63, 3.8) is 0 Å². The van der Waals surface area contributed by atoms with Crippen molar-refractivity contribution < 1.29 is 9.47 Å². The topological polar surface area (TPSA) is 120 Å². The molecule has 0 aliphatic rings. The molecular weight excluding hydrogens is 308 g/mol. The Morgan fingerprint density at radius 2 is 2.08 bits per heavy atom. The van der Waals surface area contributed by atoms with Gasteiger partial charge in [0.15, 0.2) is 17.8 Å². The second kappa shape index (κ2) is 6.75. The Morgan fingerprint density at radius 1 is 1.21 bits per heavy atom. The van der Waals surface area contributed by atoms with E-state index in [9.17, 15) is 0 Å². The maximum Gasteiger partial charge on any atom is 0.247 e. The predicted molar refractivity (Wildman–Crippen MR) is 87.3 cm³/mol. The monoisotopic (exact) mass is 322 g/mol. The summed E-state index contributed by atoms with van der Waals surface area (Å²) in [5, 5.41) is 8.60. The van der Waals surface area contributed by atoms with Crippen LogP contribution >= 0.6 is 0 Å². The van der Waals surface area contributed by atoms with Crippen molar-refractivity contribution in [1.29, 1.82) is 5.26 Å². The second-order valence-electron chi connectivity index (χ2n) is 4.72. The van der Waals surface area contributed by atoms with E-state index in [1.807, 2.05) is 25.1 Å². The van der Waals surface area contributed by atoms with Crippen LogP contribution in [-0.4, -0.2) is 33.1 Å². The lowest BCUT2D eigenvalue weighted by Gasteiger charge is -2.08. The minimum absolute atomic E-state index is 0.0194. The molecule has 3 aromatic rings. The highest BCUT2D eigenvalue weighted by Gasteiger charge is 2.12. The Kier molecular flexibility index (Phi) is 4.34. The minimum atomic E-state index is -0.0194. The molecule has 0 aliphatic heterocycles. The van der Waals surface area contributed by atoms with E-state index >= 15 is 0 Å². The first-order valence-electron chi connectivity index (χ1n) is 7.24. The Balaban J connectivity index is 2.06. The molecule has 0 aliphatic carbocycles. The van der Waals surface area contributed by atoms with E-state index in [-0.39, 0.29) is 12.6 Å². The van der Waals surface area contributed by atoms with E-state index in [0.717, 1.165) is 5.56 Å². The highest BCUT2D eigenvalue weighted by Crippen LogP contribution is 2.26. The van der Waals surface area contributed by atoms with Gasteiger partial charge in [-0.2, -0.15) is 15.2 Å². The Morgan fingerprint density at radius 3 is 2.88 bits per heavy atom. The zero-order valence-corrected chi connectivity index (χ0v) is 12.9. The third-order valence-electron chi connectivity index (χ3n) is 3.11. The lowest BCUT2D eigenvalue weighted by atomic mass is 10.1. The number of fused-ring (bicyclic) bond motifs is 1. The highest BCUT2D eigenvalue weighted by molar-refractivity contribution is 5.79. The average Bonchev–Trinajstić information content (AvgIpc) is 2.60. The van der Waals surface area contributed by atoms with Gasteiger partial charge < -0.3 is 15.2 Å². The molecule has 0 saturated heterocycles. The van der Waals surface area contributed by atoms with E-state index in [1.165, 1.54) is 0 Å². The number of anilines is 1. The van der Waals surface area contributed by atoms with E-state index in [1.54, 1.807) is 18.3 Å². The summed E-state index contributed by atoms with van der Waals surface area (Å²) in [4.78, 5) is 17.0. The van der Waals surface area contributed by atoms with E-state index in [2.05, 4.69) is 19.9 Å². The molecule has 24 heavy (non-hydrogen) atoms. The summed E-state index contributed by atoms with van der Waals surface area (Å²) in [5.74, 6) is 0.959. The van der Waals surface area contributed by atoms with Crippen molar-refractivity contribution in [2.24, 2.45) is 0 Å². The summed E-state index contributed by atoms with van der Waals surface area (Å²) in [6.07, 6.45) is 1.59. The van der Waals surface area contributed by atoms with Crippen molar-refractivity contribution in [3.8, 4) is 29.0 Å². The first kappa shape index (κ1) is 15.4. The van der Waals surface area contributed by atoms with Gasteiger partial charge in [0.25, 0.3) is 0 Å². The molecule has 0 spiro atoms. The molecule has 0 radical (unpaired) electrons. The maximum atomic E-state index is 8.60. The number of hydrogen-bond donors (Lipinski definition) is 1. The molecule has 2 heterocycles. The molecule has 120 valence electrons. The van der Waals surface area contributed by atoms with Crippen LogP contribution in [0, 0.1) is 11.3 Å². The van der Waals surface area contributed by atoms with Gasteiger partial charge in [-0.1, -0.05) is 12.1 Å². The Hall–Kier alpha value is -3.47. The molecule has 0 bridgehead atoms. The molecule has 0 saturated carbocycles. The second-order valence-corrected chi connectivity index (χ2v) is 4.72. The van der Waals surface area contributed by atoms with Gasteiger partial charge in [-0.15, -0.1) is 0 Å². The number of nitrogens with two attached hydrogens (primary N) is 1. The number of aromatic nitrogens is 4. The summed E-state index contributed by atoms with van der Waals surface area (Å²) in [5.41, 5.74) is 7.86. The third kappa shape index (κ3) is 3.15. The van der Waals surface area contributed by atoms with Crippen LogP contribution in [0.25, 0.3) is 22.4 Å². The van der Waals surface area contributed by atoms with Gasteiger partial charge in [0.05, 0.1) is 18.5 Å². The molecule has 2 aromatic heterocycles. The fourth-order valence-corrected chi connectivity index (χ4v) is 2.14. The van der Waals surface area contributed by atoms with Crippen molar-refractivity contribution in [2.45, 2.75) is 6.92 Å². The van der Waals surface area contributed by atoms with Gasteiger partial charge in [0.1, 0.15) is 11.8 Å². The Labute approximate surface area is 137 Å². The van der Waals surface area contributed by atoms with E-state index in [0.29, 0.717) is 35.1 Å². The van der Waals surface area contributed by atoms with Crippen LogP contribution in [0.1, 0.15) is 6.92 Å². The highest BCUT2D eigenvalue weighted by atomic mass is 16.5. The average molecular weight is 322 g/mol. The van der Waals surface area contributed by atoms with Gasteiger partial charge in [-0.25, -0.2) is 9.97 Å². The molecule has 0 atom stereocenters. The number of nitrogen functional groups attached to an aromatic ring is 1. The summed E-state index contributed by atoms with van der Waals surface area (Å²) >= 11 is 0. The SMILES string of the molecule is CCOc1nc(N)nc2ncc(-c3cccc(OCC#N)c3)nc12. The zero-order valence-electron chi connectivity index (χ0n) is 12.9. The number of ether oxygens (including phenoxy) is 2. The summed E-state index contributed by atoms with van der Waals surface area (Å²) in [6, 6.07) is 9.17. The molecular formula is C16H14N6O2. The molecule has 8 nitrogen and oxygen atoms in total. The fraction of sp³-hybridized carbons (Fsp3) is 0.188. The number of nitrogens with zero attached hydrogens (tertiary/aromatic N) is 5. The van der Waals surface area contributed by atoms with Gasteiger partial charge in [-0.05, 0) is 19.1 Å². The van der Waals surface area contributed by atoms with Crippen LogP contribution in [0.5, 0.6) is 11.6 Å². The molecule has 0 fully saturated rings. The summed E-state index contributed by atoms with van der Waals surface area (Å²) in [6.45, 7) is 2.25. The Bertz CT molecular complexity index is 922. The standard InChI is InChI=1S/C16H14N6O2/c1-2-23-15-13-14(21-16(18)22-15)19-9-12(20-13)10-4-3-5-11(8-10)24-7-6-17/h3-5,8-9H,2,7H2,1H3,(H2,18,19,21,22). The number of benzene rings is 1. The molecule has 2 N–H and O–H groups in total. The maximum absolute atomic E-state index is 8.60. The van der Waals surface area contributed by atoms with Crippen LogP contribution in [0.4, 0.5) is 5.95 Å². The molecule has 8 heteroatoms. The molecule has 1 aromatic carbocycles. The molecule has 3 rings (SSSR count). The number of rotatable bonds is 5. The predicted octanol–water partition coefficient (Wildman–Crippen LogP) is 1.97. The van der Waals surface area contributed by atoms with Crippen LogP contribution in [0.2, 0.25) is 0 Å². The lowest BCUT2D eigenvalue weighted by Crippen LogP contribution is -2.04. The first-order valence-corrected chi connectivity index (χ1v) is 7.24. The van der Waals surface area contributed by atoms with Crippen LogP contribution < -0.4 is 15.2 Å². The minimum Gasteiger partial charge on any atom is -0.479 e. The van der Waals surface area contributed by atoms with Gasteiger partial charge >= 0.3 is 0 Å². The zero-order chi connectivity index (χ0) is 16.9. The quantitative estimate of drug-likeness (QED) is 0.757. The van der Waals surface area contributed by atoms with Crippen LogP contribution in [0.15, 0.2) is 30.5 Å². The van der Waals surface area contributed by atoms with Crippen LogP contribution in [0.3, 0.4) is 0 Å².